The van der Waals surface area contributed by atoms with Gasteiger partial charge in [0.2, 0.25) is 5.88 Å². The van der Waals surface area contributed by atoms with Crippen LogP contribution in [0.25, 0.3) is 0 Å². The molecule has 0 radical (unpaired) electrons. The Hall–Kier alpha value is -2.55. The van der Waals surface area contributed by atoms with Gasteiger partial charge in [0.05, 0.1) is 6.61 Å². The maximum atomic E-state index is 11.7. The Morgan fingerprint density at radius 3 is 2.95 bits per heavy atom. The molecule has 1 rings (SSSR count). The highest BCUT2D eigenvalue weighted by molar-refractivity contribution is 5.81. The first-order valence-corrected chi connectivity index (χ1v) is 5.64. The average Bonchev–Trinajstić information content (AvgIpc) is 2.37. The van der Waals surface area contributed by atoms with Gasteiger partial charge in [-0.05, 0) is 18.9 Å². The van der Waals surface area contributed by atoms with Crippen molar-refractivity contribution in [2.75, 3.05) is 6.61 Å². The van der Waals surface area contributed by atoms with Gasteiger partial charge in [-0.3, -0.25) is 9.36 Å². The van der Waals surface area contributed by atoms with Crippen LogP contribution in [0.1, 0.15) is 17.5 Å². The zero-order chi connectivity index (χ0) is 14.4. The van der Waals surface area contributed by atoms with E-state index in [0.717, 1.165) is 10.6 Å². The lowest BCUT2D eigenvalue weighted by Crippen LogP contribution is -2.21. The first kappa shape index (κ1) is 14.5. The molecule has 0 bridgehead atoms. The number of nitrogens with zero attached hydrogens (tertiary/aromatic N) is 2. The number of esters is 1. The first-order valence-electron chi connectivity index (χ1n) is 5.64. The van der Waals surface area contributed by atoms with Crippen LogP contribution in [0.4, 0.5) is 0 Å². The molecule has 1 N–H and O–H groups in total. The lowest BCUT2D eigenvalue weighted by Gasteiger charge is -2.10. The van der Waals surface area contributed by atoms with Crippen LogP contribution in [0, 0.1) is 18.3 Å². The minimum absolute atomic E-state index is 0.0719. The molecule has 0 saturated carbocycles. The van der Waals surface area contributed by atoms with Crippen molar-refractivity contribution in [1.82, 2.24) is 4.57 Å². The van der Waals surface area contributed by atoms with E-state index in [9.17, 15) is 14.7 Å². The highest BCUT2D eigenvalue weighted by Crippen LogP contribution is 2.17. The second-order valence-corrected chi connectivity index (χ2v) is 3.85. The highest BCUT2D eigenvalue weighted by Gasteiger charge is 2.12. The zero-order valence-corrected chi connectivity index (χ0v) is 10.5. The smallest absolute Gasteiger partial charge is 0.330 e. The number of rotatable bonds is 5. The molecule has 0 aliphatic rings. The number of aryl methyl sites for hydroxylation is 1. The third kappa shape index (κ3) is 3.45. The van der Waals surface area contributed by atoms with Crippen molar-refractivity contribution in [2.24, 2.45) is 0 Å². The van der Waals surface area contributed by atoms with E-state index in [2.05, 4.69) is 6.58 Å². The van der Waals surface area contributed by atoms with Crippen LogP contribution in [0.2, 0.25) is 0 Å². The van der Waals surface area contributed by atoms with Crippen LogP contribution in [0.15, 0.2) is 23.5 Å². The minimum atomic E-state index is -0.543. The summed E-state index contributed by atoms with van der Waals surface area (Å²) in [7, 11) is 0. The van der Waals surface area contributed by atoms with Crippen LogP contribution >= 0.6 is 0 Å². The maximum Gasteiger partial charge on any atom is 0.330 e. The first-order chi connectivity index (χ1) is 9.01. The van der Waals surface area contributed by atoms with E-state index in [0.29, 0.717) is 12.0 Å². The Morgan fingerprint density at radius 2 is 2.37 bits per heavy atom. The van der Waals surface area contributed by atoms with Gasteiger partial charge in [-0.2, -0.15) is 5.26 Å². The number of nitriles is 1. The molecule has 6 nitrogen and oxygen atoms in total. The van der Waals surface area contributed by atoms with Crippen molar-refractivity contribution in [1.29, 1.82) is 5.26 Å². The Labute approximate surface area is 110 Å². The summed E-state index contributed by atoms with van der Waals surface area (Å²) in [6.07, 6.45) is 1.39. The fraction of sp³-hybridized carbons (Fsp3) is 0.308. The number of aromatic hydroxyl groups is 1. The second kappa shape index (κ2) is 6.40. The third-order valence-electron chi connectivity index (χ3n) is 2.53. The number of aromatic nitrogens is 1. The lowest BCUT2D eigenvalue weighted by atomic mass is 10.1. The van der Waals surface area contributed by atoms with Crippen molar-refractivity contribution in [3.63, 3.8) is 0 Å². The molecule has 0 spiro atoms. The highest BCUT2D eigenvalue weighted by atomic mass is 16.5. The summed E-state index contributed by atoms with van der Waals surface area (Å²) >= 11 is 0. The van der Waals surface area contributed by atoms with E-state index in [1.54, 1.807) is 6.92 Å². The molecule has 0 aliphatic heterocycles. The lowest BCUT2D eigenvalue weighted by molar-refractivity contribution is -0.137. The Balaban J connectivity index is 2.80. The number of carbonyl (C=O) groups excluding carboxylic acids is 1. The summed E-state index contributed by atoms with van der Waals surface area (Å²) in [5.74, 6) is -0.902. The van der Waals surface area contributed by atoms with Gasteiger partial charge in [-0.15, -0.1) is 0 Å². The third-order valence-corrected chi connectivity index (χ3v) is 2.53. The Morgan fingerprint density at radius 1 is 1.68 bits per heavy atom. The van der Waals surface area contributed by atoms with Gasteiger partial charge in [-0.1, -0.05) is 6.58 Å². The molecule has 0 fully saturated rings. The van der Waals surface area contributed by atoms with Crippen molar-refractivity contribution in [3.8, 4) is 11.9 Å². The molecule has 0 aliphatic carbocycles. The summed E-state index contributed by atoms with van der Waals surface area (Å²) in [5.41, 5.74) is 0.103. The number of carbonyl (C=O) groups is 1. The molecule has 6 heteroatoms. The van der Waals surface area contributed by atoms with Crippen LogP contribution in [-0.4, -0.2) is 22.2 Å². The van der Waals surface area contributed by atoms with Crippen molar-refractivity contribution < 1.29 is 14.6 Å². The summed E-state index contributed by atoms with van der Waals surface area (Å²) in [6.45, 7) is 5.09. The van der Waals surface area contributed by atoms with E-state index in [4.69, 9.17) is 10.00 Å². The second-order valence-electron chi connectivity index (χ2n) is 3.85. The van der Waals surface area contributed by atoms with Crippen molar-refractivity contribution in [3.05, 3.63) is 40.2 Å². The number of ether oxygens (including phenoxy) is 1. The minimum Gasteiger partial charge on any atom is -0.493 e. The molecule has 0 atom stereocenters. The van der Waals surface area contributed by atoms with Gasteiger partial charge < -0.3 is 9.84 Å². The summed E-state index contributed by atoms with van der Waals surface area (Å²) in [4.78, 5) is 22.5. The standard InChI is InChI=1S/C13H14N2O4/c1-3-12(17)19-6-4-5-15-11(16)7-9(2)10(8-14)13(15)18/h3,7,18H,1,4-6H2,2H3. The predicted molar refractivity (Wildman–Crippen MR) is 67.6 cm³/mol. The van der Waals surface area contributed by atoms with E-state index >= 15 is 0 Å². The van der Waals surface area contributed by atoms with E-state index in [-0.39, 0.29) is 24.6 Å². The zero-order valence-electron chi connectivity index (χ0n) is 10.5. The predicted octanol–water partition coefficient (Wildman–Crippen LogP) is 0.853. The van der Waals surface area contributed by atoms with Gasteiger partial charge in [0, 0.05) is 18.7 Å². The Bertz CT molecular complexity index is 596. The van der Waals surface area contributed by atoms with E-state index in [1.165, 1.54) is 6.07 Å². The number of pyridine rings is 1. The van der Waals surface area contributed by atoms with Gasteiger partial charge >= 0.3 is 5.97 Å². The average molecular weight is 262 g/mol. The molecule has 0 unspecified atom stereocenters. The van der Waals surface area contributed by atoms with Crippen LogP contribution in [0.3, 0.4) is 0 Å². The summed E-state index contributed by atoms with van der Waals surface area (Å²) in [5, 5.41) is 18.7. The maximum absolute atomic E-state index is 11.7. The summed E-state index contributed by atoms with van der Waals surface area (Å²) < 4.78 is 5.83. The fourth-order valence-electron chi connectivity index (χ4n) is 1.56. The number of hydrogen-bond donors (Lipinski definition) is 1. The molecule has 1 heterocycles. The quantitative estimate of drug-likeness (QED) is 0.482. The molecule has 19 heavy (non-hydrogen) atoms. The molecular weight excluding hydrogens is 248 g/mol. The van der Waals surface area contributed by atoms with Crippen molar-refractivity contribution in [2.45, 2.75) is 19.9 Å². The van der Waals surface area contributed by atoms with Gasteiger partial charge in [0.25, 0.3) is 5.56 Å². The number of hydrogen-bond acceptors (Lipinski definition) is 5. The molecule has 1 aromatic rings. The topological polar surface area (TPSA) is 92.3 Å². The largest absolute Gasteiger partial charge is 0.493 e. The Kier molecular flexibility index (Phi) is 4.89. The SMILES string of the molecule is C=CC(=O)OCCCn1c(O)c(C#N)c(C)cc1=O. The molecule has 0 saturated heterocycles. The summed E-state index contributed by atoms with van der Waals surface area (Å²) in [6, 6.07) is 3.13. The molecule has 1 aromatic heterocycles. The van der Waals surface area contributed by atoms with E-state index in [1.807, 2.05) is 6.07 Å². The molecule has 0 aromatic carbocycles. The van der Waals surface area contributed by atoms with Gasteiger partial charge in [0.1, 0.15) is 11.6 Å². The normalized spacial score (nSPS) is 9.68. The van der Waals surface area contributed by atoms with Crippen LogP contribution in [-0.2, 0) is 16.1 Å². The van der Waals surface area contributed by atoms with Crippen LogP contribution in [0.5, 0.6) is 5.88 Å². The van der Waals surface area contributed by atoms with Gasteiger partial charge in [0.15, 0.2) is 0 Å². The van der Waals surface area contributed by atoms with Gasteiger partial charge in [-0.25, -0.2) is 4.79 Å². The fourth-order valence-corrected chi connectivity index (χ4v) is 1.56. The monoisotopic (exact) mass is 262 g/mol. The van der Waals surface area contributed by atoms with E-state index < -0.39 is 11.5 Å². The molecule has 0 amide bonds. The molecule has 100 valence electrons. The van der Waals surface area contributed by atoms with Crippen molar-refractivity contribution >= 4 is 5.97 Å². The molecular formula is C13H14N2O4. The van der Waals surface area contributed by atoms with Crippen LogP contribution < -0.4 is 5.56 Å².